The molecule has 1 aliphatic heterocycles. The number of carbonyl (C=O) groups is 1. The van der Waals surface area contributed by atoms with Crippen molar-refractivity contribution in [3.05, 3.63) is 63.7 Å². The zero-order valence-electron chi connectivity index (χ0n) is 15.8. The third-order valence-corrected chi connectivity index (χ3v) is 5.16. The first kappa shape index (κ1) is 19.6. The Labute approximate surface area is 163 Å². The molecule has 1 saturated heterocycles. The van der Waals surface area contributed by atoms with Crippen LogP contribution in [0.5, 0.6) is 11.5 Å². The van der Waals surface area contributed by atoms with Crippen LogP contribution in [0.2, 0.25) is 0 Å². The molecule has 2 atom stereocenters. The summed E-state index contributed by atoms with van der Waals surface area (Å²) in [4.78, 5) is 25.6. The molecule has 0 unspecified atom stereocenters. The summed E-state index contributed by atoms with van der Waals surface area (Å²) >= 11 is 0. The summed E-state index contributed by atoms with van der Waals surface area (Å²) in [5, 5.41) is 11.4. The van der Waals surface area contributed by atoms with Crippen molar-refractivity contribution >= 4 is 11.6 Å². The van der Waals surface area contributed by atoms with Gasteiger partial charge in [-0.2, -0.15) is 0 Å². The number of nitrogens with two attached hydrogens (primary N) is 1. The molecule has 0 aliphatic carbocycles. The number of hydrogen-bond acceptors (Lipinski definition) is 6. The van der Waals surface area contributed by atoms with Crippen LogP contribution in [0.25, 0.3) is 0 Å². The minimum Gasteiger partial charge on any atom is -0.493 e. The van der Waals surface area contributed by atoms with Crippen LogP contribution in [0.3, 0.4) is 0 Å². The minimum absolute atomic E-state index is 0.00697. The van der Waals surface area contributed by atoms with Crippen molar-refractivity contribution in [1.82, 2.24) is 4.90 Å². The average molecular weight is 385 g/mol. The average Bonchev–Trinajstić information content (AvgIpc) is 3.17. The highest BCUT2D eigenvalue weighted by molar-refractivity contribution is 5.96. The van der Waals surface area contributed by atoms with Crippen LogP contribution in [0, 0.1) is 16.0 Å². The molecule has 0 saturated carbocycles. The Morgan fingerprint density at radius 2 is 1.93 bits per heavy atom. The maximum atomic E-state index is 13.1. The highest BCUT2D eigenvalue weighted by atomic mass is 16.6. The second-order valence-corrected chi connectivity index (χ2v) is 6.71. The molecule has 0 radical (unpaired) electrons. The van der Waals surface area contributed by atoms with Crippen LogP contribution < -0.4 is 15.2 Å². The van der Waals surface area contributed by atoms with E-state index in [0.717, 1.165) is 5.56 Å². The monoisotopic (exact) mass is 385 g/mol. The molecule has 0 bridgehead atoms. The fourth-order valence-electron chi connectivity index (χ4n) is 3.74. The van der Waals surface area contributed by atoms with E-state index in [0.29, 0.717) is 19.6 Å². The lowest BCUT2D eigenvalue weighted by molar-refractivity contribution is -0.385. The largest absolute Gasteiger partial charge is 0.493 e. The highest BCUT2D eigenvalue weighted by Crippen LogP contribution is 2.39. The summed E-state index contributed by atoms with van der Waals surface area (Å²) in [7, 11) is 2.70. The third-order valence-electron chi connectivity index (χ3n) is 5.16. The van der Waals surface area contributed by atoms with Crippen LogP contribution in [0.1, 0.15) is 21.8 Å². The van der Waals surface area contributed by atoms with Crippen LogP contribution >= 0.6 is 0 Å². The molecular weight excluding hydrogens is 362 g/mol. The highest BCUT2D eigenvalue weighted by Gasteiger charge is 2.36. The lowest BCUT2D eigenvalue weighted by Gasteiger charge is -2.18. The molecule has 1 heterocycles. The topological polar surface area (TPSA) is 108 Å². The molecule has 2 aromatic rings. The van der Waals surface area contributed by atoms with E-state index in [4.69, 9.17) is 15.2 Å². The van der Waals surface area contributed by atoms with Crippen LogP contribution in [0.4, 0.5) is 5.69 Å². The number of methoxy groups -OCH3 is 2. The first-order valence-electron chi connectivity index (χ1n) is 8.94. The number of nitro groups is 1. The van der Waals surface area contributed by atoms with Gasteiger partial charge in [0.1, 0.15) is 0 Å². The third kappa shape index (κ3) is 3.63. The Bertz CT molecular complexity index is 872. The Hall–Kier alpha value is -3.13. The van der Waals surface area contributed by atoms with Crippen LogP contribution in [-0.4, -0.2) is 49.6 Å². The smallest absolute Gasteiger partial charge is 0.315 e. The maximum Gasteiger partial charge on any atom is 0.315 e. The quantitative estimate of drug-likeness (QED) is 0.604. The minimum atomic E-state index is -0.586. The van der Waals surface area contributed by atoms with Crippen LogP contribution in [-0.2, 0) is 0 Å². The Kier molecular flexibility index (Phi) is 5.79. The molecule has 1 fully saturated rings. The van der Waals surface area contributed by atoms with Gasteiger partial charge >= 0.3 is 5.69 Å². The summed E-state index contributed by atoms with van der Waals surface area (Å²) < 4.78 is 10.3. The van der Waals surface area contributed by atoms with Gasteiger partial charge in [-0.15, -0.1) is 0 Å². The van der Waals surface area contributed by atoms with Crippen molar-refractivity contribution in [3.63, 3.8) is 0 Å². The van der Waals surface area contributed by atoms with Gasteiger partial charge in [-0.25, -0.2) is 0 Å². The number of amides is 1. The number of carbonyl (C=O) groups excluding carboxylic acids is 1. The van der Waals surface area contributed by atoms with Gasteiger partial charge in [0, 0.05) is 25.1 Å². The number of nitrogens with zero attached hydrogens (tertiary/aromatic N) is 2. The Balaban J connectivity index is 1.92. The number of likely N-dealkylation sites (tertiary alicyclic amines) is 1. The van der Waals surface area contributed by atoms with E-state index in [9.17, 15) is 14.9 Å². The molecule has 8 nitrogen and oxygen atoms in total. The maximum absolute atomic E-state index is 13.1. The van der Waals surface area contributed by atoms with Crippen molar-refractivity contribution < 1.29 is 19.2 Å². The summed E-state index contributed by atoms with van der Waals surface area (Å²) in [5.41, 5.74) is 6.96. The molecule has 2 N–H and O–H groups in total. The molecule has 2 aromatic carbocycles. The van der Waals surface area contributed by atoms with E-state index in [2.05, 4.69) is 0 Å². The first-order chi connectivity index (χ1) is 13.5. The molecular formula is C20H23N3O5. The van der Waals surface area contributed by atoms with Crippen molar-refractivity contribution in [3.8, 4) is 11.5 Å². The van der Waals surface area contributed by atoms with E-state index in [1.165, 1.54) is 26.4 Å². The number of benzene rings is 2. The molecule has 28 heavy (non-hydrogen) atoms. The summed E-state index contributed by atoms with van der Waals surface area (Å²) in [5.74, 6) is 0.106. The van der Waals surface area contributed by atoms with E-state index in [1.807, 2.05) is 30.3 Å². The molecule has 3 rings (SSSR count). The number of rotatable bonds is 6. The van der Waals surface area contributed by atoms with Gasteiger partial charge in [-0.1, -0.05) is 30.3 Å². The normalized spacial score (nSPS) is 18.8. The zero-order valence-corrected chi connectivity index (χ0v) is 15.8. The van der Waals surface area contributed by atoms with E-state index >= 15 is 0 Å². The predicted molar refractivity (Wildman–Crippen MR) is 104 cm³/mol. The van der Waals surface area contributed by atoms with Gasteiger partial charge in [0.25, 0.3) is 5.91 Å². The number of nitro benzene ring substituents is 1. The van der Waals surface area contributed by atoms with Crippen molar-refractivity contribution in [2.24, 2.45) is 11.7 Å². The van der Waals surface area contributed by atoms with Crippen molar-refractivity contribution in [2.75, 3.05) is 33.9 Å². The second-order valence-electron chi connectivity index (χ2n) is 6.71. The summed E-state index contributed by atoms with van der Waals surface area (Å²) in [6.45, 7) is 1.46. The van der Waals surface area contributed by atoms with Gasteiger partial charge < -0.3 is 20.1 Å². The SMILES string of the molecule is COc1cc(C(=O)N2C[C@@H](CN)[C@H](c3ccccc3)C2)cc([N+](=O)[O-])c1OC. The number of ether oxygens (including phenoxy) is 2. The van der Waals surface area contributed by atoms with Gasteiger partial charge in [-0.05, 0) is 24.1 Å². The molecule has 1 amide bonds. The Morgan fingerprint density at radius 1 is 1.21 bits per heavy atom. The van der Waals surface area contributed by atoms with Gasteiger partial charge in [0.05, 0.1) is 24.7 Å². The summed E-state index contributed by atoms with van der Waals surface area (Å²) in [6, 6.07) is 12.6. The standard InChI is InChI=1S/C20H23N3O5/c1-27-18-9-14(8-17(23(25)26)19(18)28-2)20(24)22-11-15(10-21)16(12-22)13-6-4-3-5-7-13/h3-9,15-16H,10-12,21H2,1-2H3/t15-,16+/m1/s1. The number of hydrogen-bond donors (Lipinski definition) is 1. The zero-order chi connectivity index (χ0) is 20.3. The van der Waals surface area contributed by atoms with E-state index in [-0.39, 0.29) is 40.5 Å². The van der Waals surface area contributed by atoms with E-state index < -0.39 is 4.92 Å². The molecule has 148 valence electrons. The predicted octanol–water partition coefficient (Wildman–Crippen LogP) is 2.43. The molecule has 0 aromatic heterocycles. The van der Waals surface area contributed by atoms with Crippen LogP contribution in [0.15, 0.2) is 42.5 Å². The Morgan fingerprint density at radius 3 is 2.50 bits per heavy atom. The molecule has 8 heteroatoms. The van der Waals surface area contributed by atoms with Gasteiger partial charge in [-0.3, -0.25) is 14.9 Å². The van der Waals surface area contributed by atoms with Gasteiger partial charge in [0.2, 0.25) is 5.75 Å². The van der Waals surface area contributed by atoms with Crippen molar-refractivity contribution in [1.29, 1.82) is 0 Å². The lowest BCUT2D eigenvalue weighted by Crippen LogP contribution is -2.30. The molecule has 0 spiro atoms. The fraction of sp³-hybridized carbons (Fsp3) is 0.350. The summed E-state index contributed by atoms with van der Waals surface area (Å²) in [6.07, 6.45) is 0. The lowest BCUT2D eigenvalue weighted by atomic mass is 9.89. The first-order valence-corrected chi connectivity index (χ1v) is 8.94. The second kappa shape index (κ2) is 8.26. The van der Waals surface area contributed by atoms with E-state index in [1.54, 1.807) is 4.90 Å². The fourth-order valence-corrected chi connectivity index (χ4v) is 3.74. The van der Waals surface area contributed by atoms with Gasteiger partial charge in [0.15, 0.2) is 5.75 Å². The molecule has 1 aliphatic rings. The van der Waals surface area contributed by atoms with Crippen molar-refractivity contribution in [2.45, 2.75) is 5.92 Å².